The van der Waals surface area contributed by atoms with Gasteiger partial charge in [0.15, 0.2) is 0 Å². The Morgan fingerprint density at radius 1 is 0.900 bits per heavy atom. The summed E-state index contributed by atoms with van der Waals surface area (Å²) in [6.45, 7) is 4.19. The quantitative estimate of drug-likeness (QED) is 0.720. The molecule has 30 heavy (non-hydrogen) atoms. The lowest BCUT2D eigenvalue weighted by molar-refractivity contribution is -0.313. The van der Waals surface area contributed by atoms with Crippen molar-refractivity contribution in [2.24, 2.45) is 11.8 Å². The molecule has 2 N–H and O–H groups in total. The van der Waals surface area contributed by atoms with Gasteiger partial charge in [0.1, 0.15) is 0 Å². The van der Waals surface area contributed by atoms with Crippen LogP contribution >= 0.6 is 0 Å². The van der Waals surface area contributed by atoms with Crippen molar-refractivity contribution in [2.45, 2.75) is 32.6 Å². The van der Waals surface area contributed by atoms with Gasteiger partial charge in [0, 0.05) is 17.6 Å². The summed E-state index contributed by atoms with van der Waals surface area (Å²) in [7, 11) is 0. The molecular weight excluding hydrogens is 380 g/mol. The molecule has 0 aliphatic heterocycles. The number of carboxylic acids is 1. The summed E-state index contributed by atoms with van der Waals surface area (Å²) in [6.07, 6.45) is 4.12. The fourth-order valence-corrected chi connectivity index (χ4v) is 3.53. The molecule has 2 atom stereocenters. The van der Waals surface area contributed by atoms with Crippen LogP contribution in [0.5, 0.6) is 0 Å². The lowest BCUT2D eigenvalue weighted by atomic mass is 9.82. The third-order valence-corrected chi connectivity index (χ3v) is 5.34. The predicted octanol–water partition coefficient (Wildman–Crippen LogP) is 3.33. The number of amides is 2. The van der Waals surface area contributed by atoms with E-state index >= 15 is 0 Å². The van der Waals surface area contributed by atoms with Gasteiger partial charge in [-0.1, -0.05) is 50.3 Å². The molecular formula is C24H25N2O4-. The number of anilines is 2. The van der Waals surface area contributed by atoms with Crippen molar-refractivity contribution in [1.82, 2.24) is 0 Å². The molecule has 3 rings (SSSR count). The Labute approximate surface area is 176 Å². The number of allylic oxidation sites excluding steroid dienone is 2. The number of hydrogen-bond acceptors (Lipinski definition) is 4. The Bertz CT molecular complexity index is 963. The summed E-state index contributed by atoms with van der Waals surface area (Å²) in [5, 5.41) is 16.9. The van der Waals surface area contributed by atoms with Gasteiger partial charge in [0.25, 0.3) is 5.91 Å². The number of hydrogen-bond donors (Lipinski definition) is 2. The van der Waals surface area contributed by atoms with Crippen LogP contribution in [0.2, 0.25) is 0 Å². The number of carbonyl (C=O) groups excluding carboxylic acids is 3. The van der Waals surface area contributed by atoms with E-state index in [0.29, 0.717) is 29.3 Å². The van der Waals surface area contributed by atoms with E-state index in [0.717, 1.165) is 0 Å². The zero-order chi connectivity index (χ0) is 21.7. The van der Waals surface area contributed by atoms with Crippen LogP contribution in [0, 0.1) is 11.8 Å². The second-order valence-corrected chi connectivity index (χ2v) is 7.74. The number of carboxylic acid groups (broad SMARTS) is 1. The Morgan fingerprint density at radius 3 is 2.17 bits per heavy atom. The van der Waals surface area contributed by atoms with E-state index < -0.39 is 23.7 Å². The maximum atomic E-state index is 12.8. The van der Waals surface area contributed by atoms with Crippen LogP contribution < -0.4 is 15.7 Å². The van der Waals surface area contributed by atoms with Crippen molar-refractivity contribution in [3.8, 4) is 0 Å². The van der Waals surface area contributed by atoms with E-state index in [1.807, 2.05) is 24.3 Å². The van der Waals surface area contributed by atoms with Gasteiger partial charge in [0.05, 0.1) is 17.2 Å². The number of aliphatic carboxylic acids is 1. The van der Waals surface area contributed by atoms with E-state index in [-0.39, 0.29) is 12.3 Å². The summed E-state index contributed by atoms with van der Waals surface area (Å²) < 4.78 is 0. The molecule has 0 saturated heterocycles. The van der Waals surface area contributed by atoms with Gasteiger partial charge >= 0.3 is 0 Å². The van der Waals surface area contributed by atoms with Gasteiger partial charge in [-0.25, -0.2) is 0 Å². The predicted molar refractivity (Wildman–Crippen MR) is 114 cm³/mol. The average molecular weight is 405 g/mol. The van der Waals surface area contributed by atoms with Crippen molar-refractivity contribution in [3.05, 3.63) is 71.8 Å². The zero-order valence-corrected chi connectivity index (χ0v) is 17.1. The minimum atomic E-state index is -1.24. The molecule has 2 aromatic carbocycles. The molecule has 1 aliphatic carbocycles. The van der Waals surface area contributed by atoms with Crippen LogP contribution in [0.3, 0.4) is 0 Å². The van der Waals surface area contributed by atoms with E-state index in [9.17, 15) is 19.5 Å². The van der Waals surface area contributed by atoms with Crippen LogP contribution in [0.1, 0.15) is 48.5 Å². The maximum absolute atomic E-state index is 12.8. The minimum absolute atomic E-state index is 0.259. The number of benzene rings is 2. The lowest BCUT2D eigenvalue weighted by Gasteiger charge is -2.28. The first-order chi connectivity index (χ1) is 14.4. The number of rotatable bonds is 6. The second kappa shape index (κ2) is 9.39. The fraction of sp³-hybridized carbons (Fsp3) is 0.292. The summed E-state index contributed by atoms with van der Waals surface area (Å²) >= 11 is 0. The minimum Gasteiger partial charge on any atom is -0.550 e. The Hall–Kier alpha value is -3.41. The normalized spacial score (nSPS) is 18.1. The van der Waals surface area contributed by atoms with Crippen molar-refractivity contribution >= 4 is 29.2 Å². The Kier molecular flexibility index (Phi) is 6.67. The smallest absolute Gasteiger partial charge is 0.257 e. The molecule has 0 bridgehead atoms. The molecule has 156 valence electrons. The van der Waals surface area contributed by atoms with Crippen LogP contribution in [0.25, 0.3) is 0 Å². The molecule has 0 radical (unpaired) electrons. The summed E-state index contributed by atoms with van der Waals surface area (Å²) in [5.74, 6) is -3.26. The van der Waals surface area contributed by atoms with Crippen LogP contribution in [0.4, 0.5) is 11.4 Å². The zero-order valence-electron chi connectivity index (χ0n) is 17.1. The SMILES string of the molecule is CC(C)c1ccc(NC(=O)c2ccccc2NC(=O)[C@@H]2CC=CC[C@@H]2C(=O)[O-])cc1. The molecule has 2 amide bonds. The highest BCUT2D eigenvalue weighted by atomic mass is 16.4. The van der Waals surface area contributed by atoms with Crippen molar-refractivity contribution in [2.75, 3.05) is 10.6 Å². The maximum Gasteiger partial charge on any atom is 0.257 e. The molecule has 2 aromatic rings. The van der Waals surface area contributed by atoms with E-state index in [4.69, 9.17) is 0 Å². The van der Waals surface area contributed by atoms with Crippen molar-refractivity contribution in [3.63, 3.8) is 0 Å². The Balaban J connectivity index is 1.75. The molecule has 1 aliphatic rings. The molecule has 0 aromatic heterocycles. The molecule has 0 spiro atoms. The van der Waals surface area contributed by atoms with Gasteiger partial charge < -0.3 is 20.5 Å². The fourth-order valence-electron chi connectivity index (χ4n) is 3.53. The average Bonchev–Trinajstić information content (AvgIpc) is 2.74. The topological polar surface area (TPSA) is 98.3 Å². The van der Waals surface area contributed by atoms with Crippen molar-refractivity contribution in [1.29, 1.82) is 0 Å². The van der Waals surface area contributed by atoms with Crippen LogP contribution in [-0.2, 0) is 9.59 Å². The summed E-state index contributed by atoms with van der Waals surface area (Å²) in [5.41, 5.74) is 2.46. The van der Waals surface area contributed by atoms with Gasteiger partial charge in [-0.05, 0) is 48.6 Å². The molecule has 0 unspecified atom stereocenters. The van der Waals surface area contributed by atoms with Gasteiger partial charge in [-0.2, -0.15) is 0 Å². The highest BCUT2D eigenvalue weighted by Crippen LogP contribution is 2.27. The highest BCUT2D eigenvalue weighted by Gasteiger charge is 2.30. The third-order valence-electron chi connectivity index (χ3n) is 5.34. The van der Waals surface area contributed by atoms with Crippen LogP contribution in [-0.4, -0.2) is 17.8 Å². The number of carbonyl (C=O) groups is 3. The Morgan fingerprint density at radius 2 is 1.53 bits per heavy atom. The lowest BCUT2D eigenvalue weighted by Crippen LogP contribution is -2.41. The third kappa shape index (κ3) is 4.95. The highest BCUT2D eigenvalue weighted by molar-refractivity contribution is 6.10. The van der Waals surface area contributed by atoms with Crippen LogP contribution in [0.15, 0.2) is 60.7 Å². The molecule has 0 heterocycles. The summed E-state index contributed by atoms with van der Waals surface area (Å²) in [6, 6.07) is 14.3. The number of para-hydroxylation sites is 1. The first-order valence-corrected chi connectivity index (χ1v) is 10.0. The number of nitrogens with one attached hydrogen (secondary N) is 2. The van der Waals surface area contributed by atoms with Gasteiger partial charge in [-0.3, -0.25) is 9.59 Å². The molecule has 6 nitrogen and oxygen atoms in total. The van der Waals surface area contributed by atoms with E-state index in [1.165, 1.54) is 5.56 Å². The molecule has 0 fully saturated rings. The molecule has 6 heteroatoms. The first kappa shape index (κ1) is 21.3. The van der Waals surface area contributed by atoms with Gasteiger partial charge in [-0.15, -0.1) is 0 Å². The summed E-state index contributed by atoms with van der Waals surface area (Å²) in [4.78, 5) is 36.9. The van der Waals surface area contributed by atoms with Crippen molar-refractivity contribution < 1.29 is 19.5 Å². The monoisotopic (exact) mass is 405 g/mol. The first-order valence-electron chi connectivity index (χ1n) is 10.0. The standard InChI is InChI=1S/C24H26N2O4/c1-15(2)16-11-13-17(14-12-16)25-23(28)20-9-5-6-10-21(20)26-22(27)18-7-3-4-8-19(18)24(29)30/h3-6,9-15,18-19H,7-8H2,1-2H3,(H,25,28)(H,26,27)(H,29,30)/p-1/t18-,19+/m1/s1. The van der Waals surface area contributed by atoms with Gasteiger partial charge in [0.2, 0.25) is 5.91 Å². The van der Waals surface area contributed by atoms with E-state index in [1.54, 1.807) is 36.4 Å². The molecule has 0 saturated carbocycles. The largest absolute Gasteiger partial charge is 0.550 e. The van der Waals surface area contributed by atoms with E-state index in [2.05, 4.69) is 24.5 Å². The second-order valence-electron chi connectivity index (χ2n) is 7.74.